The molecule has 4 heterocycles. The number of likely N-dealkylation sites (tertiary alicyclic amines) is 1. The van der Waals surface area contributed by atoms with Gasteiger partial charge in [0.1, 0.15) is 22.7 Å². The summed E-state index contributed by atoms with van der Waals surface area (Å²) in [6.45, 7) is 1.44. The average Bonchev–Trinajstić information content (AvgIpc) is 3.44. The van der Waals surface area contributed by atoms with Crippen LogP contribution < -0.4 is 15.2 Å². The van der Waals surface area contributed by atoms with Crippen LogP contribution in [0.1, 0.15) is 36.0 Å². The van der Waals surface area contributed by atoms with Gasteiger partial charge in [-0.1, -0.05) is 0 Å². The molecular weight excluding hydrogens is 575 g/mol. The van der Waals surface area contributed by atoms with Gasteiger partial charge in [-0.15, -0.1) is 0 Å². The predicted octanol–water partition coefficient (Wildman–Crippen LogP) is 5.09. The van der Waals surface area contributed by atoms with E-state index in [0.29, 0.717) is 46.7 Å². The minimum atomic E-state index is -0.586. The summed E-state index contributed by atoms with van der Waals surface area (Å²) in [5.74, 6) is 1.46. The number of hydrogen-bond acceptors (Lipinski definition) is 7. The zero-order valence-electron chi connectivity index (χ0n) is 25.5. The largest absolute Gasteiger partial charge is 0.504 e. The highest BCUT2D eigenvalue weighted by Gasteiger charge is 2.47. The van der Waals surface area contributed by atoms with Gasteiger partial charge in [-0.25, -0.2) is 14.4 Å². The molecule has 1 aliphatic heterocycles. The van der Waals surface area contributed by atoms with Crippen LogP contribution in [0.4, 0.5) is 4.39 Å². The number of carbonyl (C=O) groups excluding carboxylic acids is 1. The van der Waals surface area contributed by atoms with E-state index in [4.69, 9.17) is 25.2 Å². The Kier molecular flexibility index (Phi) is 6.32. The maximum Gasteiger partial charge on any atom is 0.254 e. The quantitative estimate of drug-likeness (QED) is 0.263. The average molecular weight is 611 g/mol. The van der Waals surface area contributed by atoms with Crippen LogP contribution in [0.15, 0.2) is 42.5 Å². The van der Waals surface area contributed by atoms with Crippen molar-refractivity contribution < 1.29 is 23.8 Å². The van der Waals surface area contributed by atoms with E-state index in [2.05, 4.69) is 10.6 Å². The van der Waals surface area contributed by atoms with Gasteiger partial charge in [-0.3, -0.25) is 4.79 Å². The van der Waals surface area contributed by atoms with E-state index in [1.165, 1.54) is 13.2 Å². The Hall–Kier alpha value is -4.64. The lowest BCUT2D eigenvalue weighted by molar-refractivity contribution is 0.0700. The first-order chi connectivity index (χ1) is 21.7. The number of rotatable bonds is 7. The second-order valence-electron chi connectivity index (χ2n) is 12.7. The van der Waals surface area contributed by atoms with E-state index >= 15 is 4.39 Å². The molecule has 2 aromatic carbocycles. The van der Waals surface area contributed by atoms with Crippen LogP contribution in [0, 0.1) is 17.7 Å². The van der Waals surface area contributed by atoms with Crippen LogP contribution in [-0.4, -0.2) is 67.9 Å². The summed E-state index contributed by atoms with van der Waals surface area (Å²) in [5, 5.41) is 10.9. The molecule has 5 aromatic rings. The Morgan fingerprint density at radius 1 is 1.04 bits per heavy atom. The molecule has 1 amide bonds. The molecule has 2 aliphatic carbocycles. The maximum atomic E-state index is 15.0. The third kappa shape index (κ3) is 4.35. The highest BCUT2D eigenvalue weighted by molar-refractivity contribution is 6.00. The monoisotopic (exact) mass is 610 g/mol. The fraction of sp³-hybridized carbons (Fsp3) is 0.382. The van der Waals surface area contributed by atoms with Crippen molar-refractivity contribution >= 4 is 28.0 Å². The summed E-state index contributed by atoms with van der Waals surface area (Å²) in [7, 11) is 4.98. The number of aromatic hydroxyl groups is 1. The van der Waals surface area contributed by atoms with Crippen molar-refractivity contribution in [2.24, 2.45) is 24.6 Å². The van der Waals surface area contributed by atoms with Crippen LogP contribution >= 0.6 is 0 Å². The summed E-state index contributed by atoms with van der Waals surface area (Å²) in [6.07, 6.45) is 4.28. The number of imidazole rings is 1. The SMILES string of the molecule is COc1cc(-c2ccc3cc(-c4nc5cc(C(=O)N6CC7CCC6[C@@H]7N)cc(OC)c5n4C)n(CC4CC4)c3n2)c(F)cc1O. The van der Waals surface area contributed by atoms with Gasteiger partial charge >= 0.3 is 0 Å². The Bertz CT molecular complexity index is 2010. The van der Waals surface area contributed by atoms with Crippen molar-refractivity contribution in [1.29, 1.82) is 0 Å². The van der Waals surface area contributed by atoms with Crippen molar-refractivity contribution in [2.75, 3.05) is 20.8 Å². The van der Waals surface area contributed by atoms with E-state index in [1.807, 2.05) is 34.7 Å². The predicted molar refractivity (Wildman–Crippen MR) is 168 cm³/mol. The van der Waals surface area contributed by atoms with E-state index in [0.717, 1.165) is 60.5 Å². The smallest absolute Gasteiger partial charge is 0.254 e. The fourth-order valence-electron chi connectivity index (χ4n) is 7.38. The molecule has 45 heavy (non-hydrogen) atoms. The first-order valence-corrected chi connectivity index (χ1v) is 15.4. The number of phenolic OH excluding ortho intramolecular Hbond substituents is 1. The van der Waals surface area contributed by atoms with Gasteiger partial charge in [0.05, 0.1) is 31.1 Å². The molecule has 1 saturated heterocycles. The van der Waals surface area contributed by atoms with Crippen LogP contribution in [0.5, 0.6) is 17.2 Å². The van der Waals surface area contributed by atoms with Crippen molar-refractivity contribution in [3.05, 3.63) is 53.8 Å². The molecule has 3 aromatic heterocycles. The number of piperidine rings is 1. The fourth-order valence-corrected chi connectivity index (χ4v) is 7.38. The van der Waals surface area contributed by atoms with Crippen molar-refractivity contribution in [3.8, 4) is 40.0 Å². The summed E-state index contributed by atoms with van der Waals surface area (Å²) >= 11 is 0. The van der Waals surface area contributed by atoms with Crippen molar-refractivity contribution in [3.63, 3.8) is 0 Å². The molecule has 2 saturated carbocycles. The summed E-state index contributed by atoms with van der Waals surface area (Å²) in [5.41, 5.74) is 10.7. The molecule has 10 nitrogen and oxygen atoms in total. The maximum absolute atomic E-state index is 15.0. The van der Waals surface area contributed by atoms with Crippen LogP contribution in [0.3, 0.4) is 0 Å². The molecule has 3 N–H and O–H groups in total. The van der Waals surface area contributed by atoms with E-state index < -0.39 is 5.82 Å². The van der Waals surface area contributed by atoms with E-state index in [9.17, 15) is 9.90 Å². The third-order valence-electron chi connectivity index (χ3n) is 9.97. The number of pyridine rings is 1. The molecule has 0 spiro atoms. The lowest BCUT2D eigenvalue weighted by Crippen LogP contribution is -2.41. The van der Waals surface area contributed by atoms with Crippen LogP contribution in [-0.2, 0) is 13.6 Å². The molecule has 8 rings (SSSR count). The molecule has 3 aliphatic rings. The lowest BCUT2D eigenvalue weighted by atomic mass is 10.1. The number of halogens is 1. The number of aromatic nitrogens is 4. The standard InChI is InChI=1S/C34H35FN6O4/c1-39-31-24(10-20(12-29(31)45-3)34(43)41-16-19-7-9-25(41)30(19)36)38-33(39)26-11-18-6-8-23(37-32(18)40(26)15-17-4-5-17)21-13-28(44-2)27(42)14-22(21)35/h6,8,10-14,17,19,25,30,42H,4-5,7,9,15-16,36H2,1-3H3/t19?,25?,30-/m1/s1. The van der Waals surface area contributed by atoms with Gasteiger partial charge in [0.25, 0.3) is 5.91 Å². The molecular formula is C34H35FN6O4. The first kappa shape index (κ1) is 27.9. The van der Waals surface area contributed by atoms with Gasteiger partial charge in [-0.05, 0) is 73.9 Å². The van der Waals surface area contributed by atoms with Crippen LogP contribution in [0.25, 0.3) is 44.8 Å². The number of carbonyl (C=O) groups is 1. The minimum Gasteiger partial charge on any atom is -0.504 e. The number of benzene rings is 2. The number of hydrogen-bond donors (Lipinski definition) is 2. The zero-order valence-corrected chi connectivity index (χ0v) is 25.5. The second-order valence-corrected chi connectivity index (χ2v) is 12.7. The number of ether oxygens (including phenoxy) is 2. The number of nitrogens with zero attached hydrogens (tertiary/aromatic N) is 5. The number of nitrogens with two attached hydrogens (primary N) is 1. The molecule has 0 radical (unpaired) electrons. The van der Waals surface area contributed by atoms with Gasteiger partial charge in [-0.2, -0.15) is 0 Å². The molecule has 232 valence electrons. The molecule has 3 fully saturated rings. The number of aryl methyl sites for hydroxylation is 1. The number of methoxy groups -OCH3 is 2. The van der Waals surface area contributed by atoms with E-state index in [-0.39, 0.29) is 35.1 Å². The number of phenols is 1. The molecule has 2 unspecified atom stereocenters. The highest BCUT2D eigenvalue weighted by Crippen LogP contribution is 2.41. The first-order valence-electron chi connectivity index (χ1n) is 15.4. The lowest BCUT2D eigenvalue weighted by Gasteiger charge is -2.27. The van der Waals surface area contributed by atoms with Gasteiger partial charge in [0.15, 0.2) is 17.3 Å². The topological polar surface area (TPSA) is 121 Å². The number of fused-ring (bicyclic) bond motifs is 4. The summed E-state index contributed by atoms with van der Waals surface area (Å²) in [6, 6.07) is 12.0. The molecule has 2 bridgehead atoms. The Labute approximate surface area is 259 Å². The third-order valence-corrected chi connectivity index (χ3v) is 9.97. The minimum absolute atomic E-state index is 0.0381. The second kappa shape index (κ2) is 10.2. The van der Waals surface area contributed by atoms with E-state index in [1.54, 1.807) is 13.2 Å². The van der Waals surface area contributed by atoms with Crippen LogP contribution in [0.2, 0.25) is 0 Å². The zero-order chi connectivity index (χ0) is 31.1. The molecule has 11 heteroatoms. The summed E-state index contributed by atoms with van der Waals surface area (Å²) in [4.78, 5) is 25.6. The van der Waals surface area contributed by atoms with Crippen molar-refractivity contribution in [2.45, 2.75) is 44.3 Å². The number of amides is 1. The molecule has 3 atom stereocenters. The highest BCUT2D eigenvalue weighted by atomic mass is 19.1. The van der Waals surface area contributed by atoms with Gasteiger partial charge in [0, 0.05) is 54.8 Å². The Morgan fingerprint density at radius 2 is 1.84 bits per heavy atom. The van der Waals surface area contributed by atoms with Gasteiger partial charge in [0.2, 0.25) is 0 Å². The Morgan fingerprint density at radius 3 is 2.53 bits per heavy atom. The van der Waals surface area contributed by atoms with Crippen molar-refractivity contribution in [1.82, 2.24) is 24.0 Å². The summed E-state index contributed by atoms with van der Waals surface area (Å²) < 4.78 is 30.2. The Balaban J connectivity index is 1.24. The normalized spacial score (nSPS) is 20.9. The van der Waals surface area contributed by atoms with Gasteiger partial charge < -0.3 is 34.3 Å².